The third-order valence-corrected chi connectivity index (χ3v) is 8.19. The van der Waals surface area contributed by atoms with Crippen LogP contribution < -0.4 is 10.1 Å². The highest BCUT2D eigenvalue weighted by Crippen LogP contribution is 2.37. The highest BCUT2D eigenvalue weighted by Gasteiger charge is 2.27. The van der Waals surface area contributed by atoms with Gasteiger partial charge in [-0.1, -0.05) is 41.9 Å². The lowest BCUT2D eigenvalue weighted by Gasteiger charge is -2.36. The zero-order valence-corrected chi connectivity index (χ0v) is 25.6. The van der Waals surface area contributed by atoms with Gasteiger partial charge < -0.3 is 15.0 Å². The van der Waals surface area contributed by atoms with Crippen molar-refractivity contribution in [1.29, 1.82) is 0 Å². The van der Waals surface area contributed by atoms with Gasteiger partial charge in [-0.15, -0.1) is 0 Å². The molecule has 1 aliphatic rings. The molecule has 1 aliphatic heterocycles. The lowest BCUT2D eigenvalue weighted by molar-refractivity contribution is -0.133. The first-order chi connectivity index (χ1) is 22.2. The van der Waals surface area contributed by atoms with Crippen LogP contribution in [0.2, 0.25) is 5.02 Å². The van der Waals surface area contributed by atoms with E-state index in [0.29, 0.717) is 24.8 Å². The Labute approximate surface area is 268 Å². The third-order valence-electron chi connectivity index (χ3n) is 7.96. The summed E-state index contributed by atoms with van der Waals surface area (Å²) >= 11 is 6.23. The first-order valence-electron chi connectivity index (χ1n) is 14.7. The molecule has 0 saturated carbocycles. The zero-order valence-electron chi connectivity index (χ0n) is 24.9. The van der Waals surface area contributed by atoms with Crippen LogP contribution in [0.25, 0.3) is 16.9 Å². The van der Waals surface area contributed by atoms with Crippen LogP contribution in [0.5, 0.6) is 5.75 Å². The Morgan fingerprint density at radius 2 is 1.91 bits per heavy atom. The Hall–Kier alpha value is -4.88. The van der Waals surface area contributed by atoms with Crippen LogP contribution in [-0.2, 0) is 17.9 Å². The van der Waals surface area contributed by atoms with E-state index < -0.39 is 12.5 Å². The van der Waals surface area contributed by atoms with Crippen molar-refractivity contribution in [2.75, 3.05) is 25.5 Å². The normalized spacial score (nSPS) is 13.9. The number of aromatic nitrogens is 5. The number of hydrogen-bond acceptors (Lipinski definition) is 7. The highest BCUT2D eigenvalue weighted by atomic mass is 35.5. The molecule has 0 radical (unpaired) electrons. The maximum atomic E-state index is 13.4. The number of halogens is 3. The molecule has 2 amide bonds. The Morgan fingerprint density at radius 1 is 1.13 bits per heavy atom. The van der Waals surface area contributed by atoms with E-state index in [9.17, 15) is 18.4 Å². The van der Waals surface area contributed by atoms with Crippen molar-refractivity contribution in [3.05, 3.63) is 95.5 Å². The molecule has 238 valence electrons. The van der Waals surface area contributed by atoms with E-state index in [-0.39, 0.29) is 45.7 Å². The fraction of sp³-hybridized carbons (Fsp3) is 0.281. The van der Waals surface area contributed by atoms with E-state index in [1.807, 2.05) is 18.2 Å². The topological polar surface area (TPSA) is 110 Å². The van der Waals surface area contributed by atoms with E-state index in [1.165, 1.54) is 51.6 Å². The van der Waals surface area contributed by atoms with Gasteiger partial charge in [-0.3, -0.25) is 19.2 Å². The van der Waals surface area contributed by atoms with Gasteiger partial charge in [0.1, 0.15) is 23.6 Å². The van der Waals surface area contributed by atoms with Gasteiger partial charge in [0.15, 0.2) is 5.65 Å². The molecular formula is C32H31ClF2N8O3. The second-order valence-corrected chi connectivity index (χ2v) is 11.5. The number of anilines is 1. The fourth-order valence-electron chi connectivity index (χ4n) is 5.65. The van der Waals surface area contributed by atoms with Crippen molar-refractivity contribution >= 4 is 34.7 Å². The number of carbonyl (C=O) groups excluding carboxylic acids is 2. The molecule has 4 heterocycles. The number of amides is 2. The lowest BCUT2D eigenvalue weighted by atomic mass is 10.0. The number of piperidine rings is 1. The van der Waals surface area contributed by atoms with Gasteiger partial charge in [0.05, 0.1) is 11.9 Å². The average Bonchev–Trinajstić information content (AvgIpc) is 3.66. The molecule has 2 aromatic carbocycles. The summed E-state index contributed by atoms with van der Waals surface area (Å²) in [6, 6.07) is 16.4. The average molecular weight is 649 g/mol. The predicted octanol–water partition coefficient (Wildman–Crippen LogP) is 5.22. The zero-order chi connectivity index (χ0) is 32.2. The van der Waals surface area contributed by atoms with Crippen LogP contribution >= 0.6 is 11.6 Å². The van der Waals surface area contributed by atoms with Gasteiger partial charge in [0.25, 0.3) is 5.91 Å². The predicted molar refractivity (Wildman–Crippen MR) is 168 cm³/mol. The standard InChI is InChI=1S/C32H31ClF2N8O3/c1-40(18-21-6-3-2-4-7-21)23-10-14-41(15-11-23)28(44)20-42-19-26(38-31(45)25-17-37-43-13-5-12-36-30(25)43)29(39-42)24-16-22(33)8-9-27(24)46-32(34)35/h2-9,12-13,16-17,19,23,32H,10-11,14-15,18,20H2,1H3,(H,38,45). The van der Waals surface area contributed by atoms with Gasteiger partial charge in [0.2, 0.25) is 5.91 Å². The maximum Gasteiger partial charge on any atom is 0.387 e. The molecule has 0 aliphatic carbocycles. The summed E-state index contributed by atoms with van der Waals surface area (Å²) < 4.78 is 34.2. The van der Waals surface area contributed by atoms with Crippen molar-refractivity contribution < 1.29 is 23.1 Å². The number of likely N-dealkylation sites (tertiary alicyclic amines) is 1. The molecule has 0 atom stereocenters. The quantitative estimate of drug-likeness (QED) is 0.221. The Bertz CT molecular complexity index is 1840. The summed E-state index contributed by atoms with van der Waals surface area (Å²) in [6.07, 6.45) is 7.69. The molecule has 14 heteroatoms. The number of fused-ring (bicyclic) bond motifs is 1. The first-order valence-corrected chi connectivity index (χ1v) is 15.1. The van der Waals surface area contributed by atoms with Crippen molar-refractivity contribution in [3.8, 4) is 17.0 Å². The molecule has 0 spiro atoms. The van der Waals surface area contributed by atoms with Crippen LogP contribution in [0.4, 0.5) is 14.5 Å². The second-order valence-electron chi connectivity index (χ2n) is 11.0. The number of ether oxygens (including phenoxy) is 1. The van der Waals surface area contributed by atoms with Crippen molar-refractivity contribution in [3.63, 3.8) is 0 Å². The summed E-state index contributed by atoms with van der Waals surface area (Å²) in [6.45, 7) is -1.24. The Balaban J connectivity index is 1.21. The molecule has 3 aromatic heterocycles. The monoisotopic (exact) mass is 648 g/mol. The SMILES string of the molecule is CN(Cc1ccccc1)C1CCN(C(=O)Cn2cc(NC(=O)c3cnn4cccnc34)c(-c3cc(Cl)ccc3OC(F)F)n2)CC1. The smallest absolute Gasteiger partial charge is 0.387 e. The summed E-state index contributed by atoms with van der Waals surface area (Å²) in [4.78, 5) is 35.1. The Kier molecular flexibility index (Phi) is 9.22. The number of nitrogens with zero attached hydrogens (tertiary/aromatic N) is 7. The first kappa shape index (κ1) is 31.1. The molecule has 0 bridgehead atoms. The number of alkyl halides is 2. The minimum atomic E-state index is -3.11. The van der Waals surface area contributed by atoms with Gasteiger partial charge >= 0.3 is 6.61 Å². The maximum absolute atomic E-state index is 13.4. The molecule has 1 fully saturated rings. The van der Waals surface area contributed by atoms with E-state index in [1.54, 1.807) is 17.2 Å². The minimum absolute atomic E-state index is 0.102. The molecule has 46 heavy (non-hydrogen) atoms. The minimum Gasteiger partial charge on any atom is -0.434 e. The van der Waals surface area contributed by atoms with E-state index >= 15 is 0 Å². The summed E-state index contributed by atoms with van der Waals surface area (Å²) in [5, 5.41) is 11.7. The van der Waals surface area contributed by atoms with Gasteiger partial charge in [-0.05, 0) is 49.7 Å². The van der Waals surface area contributed by atoms with Crippen molar-refractivity contribution in [1.82, 2.24) is 34.2 Å². The summed E-state index contributed by atoms with van der Waals surface area (Å²) in [7, 11) is 2.10. The van der Waals surface area contributed by atoms with E-state index in [2.05, 4.69) is 44.6 Å². The van der Waals surface area contributed by atoms with Crippen LogP contribution in [0.1, 0.15) is 28.8 Å². The number of nitrogens with one attached hydrogen (secondary N) is 1. The van der Waals surface area contributed by atoms with Gasteiger partial charge in [-0.2, -0.15) is 19.0 Å². The molecule has 6 rings (SSSR count). The van der Waals surface area contributed by atoms with Crippen LogP contribution in [-0.4, -0.2) is 78.8 Å². The lowest BCUT2D eigenvalue weighted by Crippen LogP contribution is -2.46. The van der Waals surface area contributed by atoms with Crippen LogP contribution in [0, 0.1) is 0 Å². The molecule has 1 N–H and O–H groups in total. The number of rotatable bonds is 10. The largest absolute Gasteiger partial charge is 0.434 e. The highest BCUT2D eigenvalue weighted by molar-refractivity contribution is 6.31. The van der Waals surface area contributed by atoms with Gasteiger partial charge in [-0.25, -0.2) is 9.50 Å². The third kappa shape index (κ3) is 7.00. The number of benzene rings is 2. The summed E-state index contributed by atoms with van der Waals surface area (Å²) in [5.74, 6) is -0.898. The second kappa shape index (κ2) is 13.6. The molecule has 1 saturated heterocycles. The molecule has 0 unspecified atom stereocenters. The van der Waals surface area contributed by atoms with Crippen LogP contribution in [0.3, 0.4) is 0 Å². The number of hydrogen-bond donors (Lipinski definition) is 1. The molecule has 11 nitrogen and oxygen atoms in total. The van der Waals surface area contributed by atoms with E-state index in [0.717, 1.165) is 19.4 Å². The fourth-order valence-corrected chi connectivity index (χ4v) is 5.82. The Morgan fingerprint density at radius 3 is 2.67 bits per heavy atom. The van der Waals surface area contributed by atoms with Crippen molar-refractivity contribution in [2.24, 2.45) is 0 Å². The summed E-state index contributed by atoms with van der Waals surface area (Å²) in [5.41, 5.74) is 2.13. The van der Waals surface area contributed by atoms with E-state index in [4.69, 9.17) is 16.3 Å². The van der Waals surface area contributed by atoms with Crippen molar-refractivity contribution in [2.45, 2.75) is 38.6 Å². The molecule has 5 aromatic rings. The van der Waals surface area contributed by atoms with Gasteiger partial charge in [0, 0.05) is 54.9 Å². The molecular weight excluding hydrogens is 618 g/mol. The van der Waals surface area contributed by atoms with Crippen LogP contribution in [0.15, 0.2) is 79.4 Å². The number of carbonyl (C=O) groups is 2.